The Bertz CT molecular complexity index is 1000. The summed E-state index contributed by atoms with van der Waals surface area (Å²) < 4.78 is 5.55. The van der Waals surface area contributed by atoms with E-state index in [2.05, 4.69) is 10.3 Å². The molecule has 1 aliphatic rings. The van der Waals surface area contributed by atoms with Gasteiger partial charge in [-0.15, -0.1) is 0 Å². The minimum Gasteiger partial charge on any atom is -0.492 e. The van der Waals surface area contributed by atoms with E-state index in [9.17, 15) is 14.9 Å². The van der Waals surface area contributed by atoms with E-state index in [1.165, 1.54) is 18.3 Å². The van der Waals surface area contributed by atoms with Crippen LogP contribution in [0.5, 0.6) is 5.75 Å². The van der Waals surface area contributed by atoms with Gasteiger partial charge in [-0.2, -0.15) is 0 Å². The fraction of sp³-hybridized carbons (Fsp3) is 0.111. The van der Waals surface area contributed by atoms with E-state index in [0.717, 1.165) is 5.56 Å². The number of carbonyl (C=O) groups is 1. The Labute approximate surface area is 142 Å². The molecule has 1 atom stereocenters. The number of amides is 1. The zero-order valence-corrected chi connectivity index (χ0v) is 13.0. The lowest BCUT2D eigenvalue weighted by atomic mass is 10.0. The van der Waals surface area contributed by atoms with E-state index >= 15 is 0 Å². The van der Waals surface area contributed by atoms with Crippen molar-refractivity contribution in [2.24, 2.45) is 0 Å². The highest BCUT2D eigenvalue weighted by molar-refractivity contribution is 6.05. The molecule has 1 unspecified atom stereocenters. The summed E-state index contributed by atoms with van der Waals surface area (Å²) in [6, 6.07) is 13.7. The molecule has 7 heteroatoms. The van der Waals surface area contributed by atoms with Crippen LogP contribution in [-0.4, -0.2) is 22.4 Å². The number of fused-ring (bicyclic) bond motifs is 2. The maximum Gasteiger partial charge on any atom is 0.295 e. The quantitative estimate of drug-likeness (QED) is 0.585. The van der Waals surface area contributed by atoms with E-state index in [4.69, 9.17) is 4.74 Å². The van der Waals surface area contributed by atoms with Gasteiger partial charge >= 0.3 is 0 Å². The molecule has 124 valence electrons. The van der Waals surface area contributed by atoms with Crippen LogP contribution in [0.1, 0.15) is 11.5 Å². The van der Waals surface area contributed by atoms with Gasteiger partial charge < -0.3 is 10.1 Å². The molecule has 25 heavy (non-hydrogen) atoms. The highest BCUT2D eigenvalue weighted by Crippen LogP contribution is 2.35. The largest absolute Gasteiger partial charge is 0.492 e. The van der Waals surface area contributed by atoms with Crippen LogP contribution in [0.25, 0.3) is 10.9 Å². The first kappa shape index (κ1) is 15.1. The number of rotatable bonds is 3. The lowest BCUT2D eigenvalue weighted by Crippen LogP contribution is -2.22. The number of carbonyl (C=O) groups excluding carboxylic acids is 1. The Kier molecular flexibility index (Phi) is 3.53. The summed E-state index contributed by atoms with van der Waals surface area (Å²) in [6.45, 7) is 0.272. The van der Waals surface area contributed by atoms with Crippen LogP contribution in [0.2, 0.25) is 0 Å². The van der Waals surface area contributed by atoms with Gasteiger partial charge in [0.15, 0.2) is 0 Å². The van der Waals surface area contributed by atoms with Gasteiger partial charge in [0.1, 0.15) is 23.8 Å². The van der Waals surface area contributed by atoms with Gasteiger partial charge in [0.05, 0.1) is 10.6 Å². The Morgan fingerprint density at radius 3 is 2.88 bits per heavy atom. The van der Waals surface area contributed by atoms with Gasteiger partial charge in [-0.25, -0.2) is 4.98 Å². The van der Waals surface area contributed by atoms with Crippen molar-refractivity contribution in [3.05, 3.63) is 70.4 Å². The predicted molar refractivity (Wildman–Crippen MR) is 91.7 cm³/mol. The number of non-ortho nitro benzene ring substituents is 1. The average molecular weight is 335 g/mol. The number of anilines is 1. The number of ether oxygens (including phenoxy) is 1. The predicted octanol–water partition coefficient (Wildman–Crippen LogP) is 3.26. The van der Waals surface area contributed by atoms with Crippen LogP contribution in [0.4, 0.5) is 11.4 Å². The number of nitro groups is 1. The molecule has 0 saturated heterocycles. The lowest BCUT2D eigenvalue weighted by molar-refractivity contribution is -0.383. The fourth-order valence-corrected chi connectivity index (χ4v) is 3.01. The van der Waals surface area contributed by atoms with Crippen molar-refractivity contribution in [3.8, 4) is 5.75 Å². The van der Waals surface area contributed by atoms with E-state index in [1.54, 1.807) is 12.1 Å². The highest BCUT2D eigenvalue weighted by atomic mass is 16.6. The second-order valence-corrected chi connectivity index (χ2v) is 5.68. The first-order valence-corrected chi connectivity index (χ1v) is 7.70. The standard InChI is InChI=1S/C18H13N3O4/c22-18(13-10-25-16-6-2-1-4-11(13)16)20-14-7-8-15(21(23)24)17-12(14)5-3-9-19-17/h1-9,13H,10H2,(H,20,22). The fourth-order valence-electron chi connectivity index (χ4n) is 3.01. The first-order chi connectivity index (χ1) is 12.1. The topological polar surface area (TPSA) is 94.4 Å². The molecule has 3 aromatic rings. The molecule has 0 bridgehead atoms. The van der Waals surface area contributed by atoms with Crippen LogP contribution in [0.3, 0.4) is 0 Å². The van der Waals surface area contributed by atoms with Crippen molar-refractivity contribution in [1.29, 1.82) is 0 Å². The van der Waals surface area contributed by atoms with Gasteiger partial charge in [-0.1, -0.05) is 18.2 Å². The molecule has 2 heterocycles. The third-order valence-electron chi connectivity index (χ3n) is 4.22. The molecule has 7 nitrogen and oxygen atoms in total. The van der Waals surface area contributed by atoms with Crippen LogP contribution >= 0.6 is 0 Å². The maximum absolute atomic E-state index is 12.7. The van der Waals surface area contributed by atoms with Crippen LogP contribution < -0.4 is 10.1 Å². The zero-order chi connectivity index (χ0) is 17.4. The van der Waals surface area contributed by atoms with Gasteiger partial charge in [-0.3, -0.25) is 14.9 Å². The molecule has 1 N–H and O–H groups in total. The van der Waals surface area contributed by atoms with Gasteiger partial charge in [-0.05, 0) is 24.3 Å². The van der Waals surface area contributed by atoms with E-state index in [1.807, 2.05) is 24.3 Å². The monoisotopic (exact) mass is 335 g/mol. The molecule has 0 aliphatic carbocycles. The number of nitrogens with zero attached hydrogens (tertiary/aromatic N) is 2. The van der Waals surface area contributed by atoms with Crippen LogP contribution in [-0.2, 0) is 4.79 Å². The second-order valence-electron chi connectivity index (χ2n) is 5.68. The Morgan fingerprint density at radius 2 is 2.04 bits per heavy atom. The van der Waals surface area contributed by atoms with Gasteiger partial charge in [0.2, 0.25) is 5.91 Å². The molecule has 1 aliphatic heterocycles. The van der Waals surface area contributed by atoms with Crippen LogP contribution in [0, 0.1) is 10.1 Å². The number of aromatic nitrogens is 1. The van der Waals surface area contributed by atoms with Crippen molar-refractivity contribution in [2.75, 3.05) is 11.9 Å². The summed E-state index contributed by atoms with van der Waals surface area (Å²) in [5.74, 6) is 0.0694. The summed E-state index contributed by atoms with van der Waals surface area (Å²) in [4.78, 5) is 27.5. The number of pyridine rings is 1. The minimum absolute atomic E-state index is 0.0943. The molecule has 1 aromatic heterocycles. The smallest absolute Gasteiger partial charge is 0.295 e. The highest BCUT2D eigenvalue weighted by Gasteiger charge is 2.30. The number of nitro benzene ring substituents is 1. The number of hydrogen-bond donors (Lipinski definition) is 1. The Balaban J connectivity index is 1.69. The summed E-state index contributed by atoms with van der Waals surface area (Å²) in [6.07, 6.45) is 1.49. The second kappa shape index (κ2) is 5.86. The third-order valence-corrected chi connectivity index (χ3v) is 4.22. The van der Waals surface area contributed by atoms with E-state index in [-0.39, 0.29) is 23.7 Å². The molecule has 0 spiro atoms. The van der Waals surface area contributed by atoms with Gasteiger partial charge in [0.25, 0.3) is 5.69 Å². The SMILES string of the molecule is O=C(Nc1ccc([N+](=O)[O-])c2ncccc12)C1COc2ccccc21. The first-order valence-electron chi connectivity index (χ1n) is 7.70. The molecular weight excluding hydrogens is 322 g/mol. The third kappa shape index (κ3) is 2.55. The summed E-state index contributed by atoms with van der Waals surface area (Å²) in [5.41, 5.74) is 1.48. The van der Waals surface area contributed by atoms with Crippen molar-refractivity contribution in [1.82, 2.24) is 4.98 Å². The summed E-state index contributed by atoms with van der Waals surface area (Å²) >= 11 is 0. The summed E-state index contributed by atoms with van der Waals surface area (Å²) in [7, 11) is 0. The van der Waals surface area contributed by atoms with E-state index in [0.29, 0.717) is 16.8 Å². The molecule has 0 fully saturated rings. The van der Waals surface area contributed by atoms with E-state index < -0.39 is 10.8 Å². The van der Waals surface area contributed by atoms with Crippen molar-refractivity contribution in [3.63, 3.8) is 0 Å². The number of hydrogen-bond acceptors (Lipinski definition) is 5. The summed E-state index contributed by atoms with van der Waals surface area (Å²) in [5, 5.41) is 14.5. The molecule has 0 saturated carbocycles. The van der Waals surface area contributed by atoms with Crippen molar-refractivity contribution < 1.29 is 14.5 Å². The normalized spacial score (nSPS) is 15.4. The Morgan fingerprint density at radius 1 is 1.20 bits per heavy atom. The molecule has 1 amide bonds. The number of nitrogens with one attached hydrogen (secondary N) is 1. The van der Waals surface area contributed by atoms with Crippen molar-refractivity contribution in [2.45, 2.75) is 5.92 Å². The molecule has 0 radical (unpaired) electrons. The zero-order valence-electron chi connectivity index (χ0n) is 13.0. The number of para-hydroxylation sites is 1. The molecular formula is C18H13N3O4. The Hall–Kier alpha value is -3.48. The minimum atomic E-state index is -0.484. The van der Waals surface area contributed by atoms with Gasteiger partial charge in [0, 0.05) is 23.2 Å². The lowest BCUT2D eigenvalue weighted by Gasteiger charge is -2.12. The average Bonchev–Trinajstić information content (AvgIpc) is 3.06. The molecule has 2 aromatic carbocycles. The van der Waals surface area contributed by atoms with Crippen LogP contribution in [0.15, 0.2) is 54.7 Å². The number of benzene rings is 2. The molecule has 4 rings (SSSR count). The van der Waals surface area contributed by atoms with Crippen molar-refractivity contribution >= 4 is 28.2 Å². The maximum atomic E-state index is 12.7.